The molecule has 0 unspecified atom stereocenters. The van der Waals surface area contributed by atoms with Crippen molar-refractivity contribution in [3.8, 4) is 0 Å². The molecule has 110 valence electrons. The molecule has 0 saturated heterocycles. The summed E-state index contributed by atoms with van der Waals surface area (Å²) in [7, 11) is -1.38. The molecule has 1 aliphatic rings. The Morgan fingerprint density at radius 3 is 2.45 bits per heavy atom. The molecule has 0 spiro atoms. The fourth-order valence-corrected chi connectivity index (χ4v) is 3.23. The van der Waals surface area contributed by atoms with Gasteiger partial charge in [-0.2, -0.15) is 0 Å². The second kappa shape index (κ2) is 7.25. The summed E-state index contributed by atoms with van der Waals surface area (Å²) in [6.07, 6.45) is 5.19. The van der Waals surface area contributed by atoms with Gasteiger partial charge in [-0.15, -0.1) is 0 Å². The molecule has 0 radical (unpaired) electrons. The van der Waals surface area contributed by atoms with E-state index in [0.717, 1.165) is 18.7 Å². The second-order valence-electron chi connectivity index (χ2n) is 6.33. The molecule has 0 bridgehead atoms. The standard InChI is InChI=1S/C16H26BNO2/c1-13(2)11-18(15-8-4-5-9-15)12-14-7-3-6-10-16(14)17(19)20/h3,6-7,10,13,15,19-20H,4-5,8-9,11-12H2,1-2H3. The van der Waals surface area contributed by atoms with E-state index in [2.05, 4.69) is 18.7 Å². The molecule has 1 fully saturated rings. The van der Waals surface area contributed by atoms with E-state index >= 15 is 0 Å². The summed E-state index contributed by atoms with van der Waals surface area (Å²) in [6, 6.07) is 8.31. The zero-order valence-electron chi connectivity index (χ0n) is 12.6. The highest BCUT2D eigenvalue weighted by molar-refractivity contribution is 6.59. The fourth-order valence-electron chi connectivity index (χ4n) is 3.23. The maximum absolute atomic E-state index is 9.50. The predicted molar refractivity (Wildman–Crippen MR) is 83.8 cm³/mol. The van der Waals surface area contributed by atoms with Crippen molar-refractivity contribution in [2.24, 2.45) is 5.92 Å². The maximum Gasteiger partial charge on any atom is 0.488 e. The molecule has 0 heterocycles. The van der Waals surface area contributed by atoms with Crippen LogP contribution < -0.4 is 5.46 Å². The zero-order valence-corrected chi connectivity index (χ0v) is 12.6. The van der Waals surface area contributed by atoms with Crippen LogP contribution in [0, 0.1) is 5.92 Å². The molecule has 0 atom stereocenters. The highest BCUT2D eigenvalue weighted by Gasteiger charge is 2.25. The predicted octanol–water partition coefficient (Wildman–Crippen LogP) is 1.77. The smallest absolute Gasteiger partial charge is 0.423 e. The zero-order chi connectivity index (χ0) is 14.5. The van der Waals surface area contributed by atoms with Gasteiger partial charge in [-0.25, -0.2) is 0 Å². The van der Waals surface area contributed by atoms with E-state index in [9.17, 15) is 10.0 Å². The summed E-state index contributed by atoms with van der Waals surface area (Å²) in [5.41, 5.74) is 1.68. The molecule has 1 aromatic carbocycles. The number of hydrogen-bond acceptors (Lipinski definition) is 3. The minimum Gasteiger partial charge on any atom is -0.423 e. The van der Waals surface area contributed by atoms with E-state index in [1.807, 2.05) is 24.3 Å². The first kappa shape index (κ1) is 15.6. The van der Waals surface area contributed by atoms with Crippen LogP contribution in [0.15, 0.2) is 24.3 Å². The van der Waals surface area contributed by atoms with E-state index in [4.69, 9.17) is 0 Å². The molecular formula is C16H26BNO2. The van der Waals surface area contributed by atoms with Crippen LogP contribution in [0.3, 0.4) is 0 Å². The van der Waals surface area contributed by atoms with Crippen molar-refractivity contribution < 1.29 is 10.0 Å². The summed E-state index contributed by atoms with van der Waals surface area (Å²) in [5.74, 6) is 0.627. The third kappa shape index (κ3) is 4.08. The van der Waals surface area contributed by atoms with Gasteiger partial charge in [0, 0.05) is 19.1 Å². The molecule has 1 aliphatic carbocycles. The normalized spacial score (nSPS) is 16.3. The number of benzene rings is 1. The van der Waals surface area contributed by atoms with Crippen LogP contribution >= 0.6 is 0 Å². The average molecular weight is 275 g/mol. The molecule has 2 rings (SSSR count). The van der Waals surface area contributed by atoms with Gasteiger partial charge in [0.1, 0.15) is 0 Å². The summed E-state index contributed by atoms with van der Waals surface area (Å²) in [5, 5.41) is 19.0. The Balaban J connectivity index is 2.14. The van der Waals surface area contributed by atoms with Gasteiger partial charge >= 0.3 is 7.12 Å². The fraction of sp³-hybridized carbons (Fsp3) is 0.625. The van der Waals surface area contributed by atoms with Gasteiger partial charge in [0.15, 0.2) is 0 Å². The van der Waals surface area contributed by atoms with Crippen LogP contribution in [-0.2, 0) is 6.54 Å². The summed E-state index contributed by atoms with van der Waals surface area (Å²) in [4.78, 5) is 2.53. The van der Waals surface area contributed by atoms with Gasteiger partial charge < -0.3 is 10.0 Å². The second-order valence-corrected chi connectivity index (χ2v) is 6.33. The van der Waals surface area contributed by atoms with Crippen molar-refractivity contribution in [2.75, 3.05) is 6.54 Å². The van der Waals surface area contributed by atoms with E-state index < -0.39 is 7.12 Å². The molecule has 4 heteroatoms. The average Bonchev–Trinajstić information content (AvgIpc) is 2.91. The highest BCUT2D eigenvalue weighted by atomic mass is 16.4. The van der Waals surface area contributed by atoms with Crippen molar-refractivity contribution in [1.82, 2.24) is 4.90 Å². The van der Waals surface area contributed by atoms with Gasteiger partial charge in [-0.1, -0.05) is 51.0 Å². The monoisotopic (exact) mass is 275 g/mol. The third-order valence-electron chi connectivity index (χ3n) is 4.15. The molecule has 0 aliphatic heterocycles. The molecular weight excluding hydrogens is 249 g/mol. The quantitative estimate of drug-likeness (QED) is 0.778. The Kier molecular flexibility index (Phi) is 5.64. The van der Waals surface area contributed by atoms with Crippen LogP contribution in [0.1, 0.15) is 45.1 Å². The topological polar surface area (TPSA) is 43.7 Å². The largest absolute Gasteiger partial charge is 0.488 e. The van der Waals surface area contributed by atoms with Crippen molar-refractivity contribution in [3.05, 3.63) is 29.8 Å². The van der Waals surface area contributed by atoms with Gasteiger partial charge in [-0.3, -0.25) is 4.90 Å². The third-order valence-corrected chi connectivity index (χ3v) is 4.15. The first-order valence-corrected chi connectivity index (χ1v) is 7.76. The molecule has 2 N–H and O–H groups in total. The van der Waals surface area contributed by atoms with Crippen LogP contribution in [0.2, 0.25) is 0 Å². The van der Waals surface area contributed by atoms with Crippen LogP contribution in [0.5, 0.6) is 0 Å². The Bertz CT molecular complexity index is 417. The van der Waals surface area contributed by atoms with Gasteiger partial charge in [0.2, 0.25) is 0 Å². The molecule has 1 aromatic rings. The Labute approximate surface area is 122 Å². The Morgan fingerprint density at radius 2 is 1.85 bits per heavy atom. The lowest BCUT2D eigenvalue weighted by Crippen LogP contribution is -2.40. The number of nitrogens with zero attached hydrogens (tertiary/aromatic N) is 1. The first-order chi connectivity index (χ1) is 9.58. The minimum atomic E-state index is -1.38. The van der Waals surface area contributed by atoms with E-state index in [1.54, 1.807) is 0 Å². The van der Waals surface area contributed by atoms with Gasteiger partial charge in [0.05, 0.1) is 0 Å². The molecule has 3 nitrogen and oxygen atoms in total. The van der Waals surface area contributed by atoms with Crippen LogP contribution in [0.4, 0.5) is 0 Å². The van der Waals surface area contributed by atoms with Gasteiger partial charge in [0.25, 0.3) is 0 Å². The summed E-state index contributed by atoms with van der Waals surface area (Å²) in [6.45, 7) is 6.38. The lowest BCUT2D eigenvalue weighted by atomic mass is 9.77. The number of hydrogen-bond donors (Lipinski definition) is 2. The highest BCUT2D eigenvalue weighted by Crippen LogP contribution is 2.25. The molecule has 0 aromatic heterocycles. The van der Waals surface area contributed by atoms with Crippen molar-refractivity contribution in [1.29, 1.82) is 0 Å². The lowest BCUT2D eigenvalue weighted by Gasteiger charge is -2.31. The van der Waals surface area contributed by atoms with E-state index in [1.165, 1.54) is 25.7 Å². The molecule has 20 heavy (non-hydrogen) atoms. The lowest BCUT2D eigenvalue weighted by molar-refractivity contribution is 0.169. The van der Waals surface area contributed by atoms with E-state index in [0.29, 0.717) is 17.4 Å². The van der Waals surface area contributed by atoms with Crippen LogP contribution in [0.25, 0.3) is 0 Å². The van der Waals surface area contributed by atoms with Crippen molar-refractivity contribution in [3.63, 3.8) is 0 Å². The van der Waals surface area contributed by atoms with Crippen molar-refractivity contribution in [2.45, 2.75) is 52.1 Å². The maximum atomic E-state index is 9.50. The first-order valence-electron chi connectivity index (χ1n) is 7.76. The van der Waals surface area contributed by atoms with Crippen molar-refractivity contribution >= 4 is 12.6 Å². The summed E-state index contributed by atoms with van der Waals surface area (Å²) >= 11 is 0. The van der Waals surface area contributed by atoms with Crippen LogP contribution in [-0.4, -0.2) is 34.7 Å². The molecule has 1 saturated carbocycles. The van der Waals surface area contributed by atoms with E-state index in [-0.39, 0.29) is 0 Å². The molecule has 0 amide bonds. The van der Waals surface area contributed by atoms with Gasteiger partial charge in [-0.05, 0) is 29.8 Å². The minimum absolute atomic E-state index is 0.627. The summed E-state index contributed by atoms with van der Waals surface area (Å²) < 4.78 is 0. The Morgan fingerprint density at radius 1 is 1.20 bits per heavy atom. The number of rotatable bonds is 6. The Hall–Kier alpha value is -0.835. The SMILES string of the molecule is CC(C)CN(Cc1ccccc1B(O)O)C1CCCC1.